The van der Waals surface area contributed by atoms with Crippen LogP contribution in [0.3, 0.4) is 0 Å². The van der Waals surface area contributed by atoms with Gasteiger partial charge < -0.3 is 0 Å². The topological polar surface area (TPSA) is 0 Å². The zero-order valence-electron chi connectivity index (χ0n) is 30.0. The van der Waals surface area contributed by atoms with Crippen molar-refractivity contribution < 1.29 is 0 Å². The molecule has 0 amide bonds. The van der Waals surface area contributed by atoms with Gasteiger partial charge in [0.05, 0.1) is 0 Å². The Morgan fingerprint density at radius 1 is 0.240 bits per heavy atom. The Morgan fingerprint density at radius 2 is 0.500 bits per heavy atom. The number of fused-ring (bicyclic) bond motifs is 3. The molecule has 0 aliphatic heterocycles. The van der Waals surface area contributed by atoms with Gasteiger partial charge in [0.1, 0.15) is 0 Å². The monoisotopic (exact) mass is 644 g/mol. The van der Waals surface area contributed by atoms with E-state index in [1.807, 2.05) is 0 Å². The van der Waals surface area contributed by atoms with Crippen LogP contribution < -0.4 is 0 Å². The third-order valence-corrected chi connectivity index (χ3v) is 10.5. The van der Waals surface area contributed by atoms with Crippen LogP contribution in [0.5, 0.6) is 0 Å². The van der Waals surface area contributed by atoms with Gasteiger partial charge in [0, 0.05) is 0 Å². The molecule has 0 aromatic heterocycles. The van der Waals surface area contributed by atoms with E-state index in [1.54, 1.807) is 0 Å². The van der Waals surface area contributed by atoms with Crippen molar-refractivity contribution in [1.82, 2.24) is 0 Å². The lowest BCUT2D eigenvalue weighted by Crippen LogP contribution is -2.10. The molecule has 8 aromatic carbocycles. The highest BCUT2D eigenvalue weighted by atomic mass is 14.2. The maximum atomic E-state index is 2.33. The molecule has 0 nitrogen and oxygen atoms in total. The standard InChI is InChI=1S/C50H44/c1-49(2,3)35-25-21-33(22-26-35)37-29-31-47(41-15-9-7-13-39(37)41)45-19-11-18-44-43(45)17-12-20-46(44)48-32-30-38(40-14-8-10-16-42(40)48)34-23-27-36(28-24-34)50(4,5)6/h7-32H,1-6H3. The molecule has 0 saturated carbocycles. The molecular weight excluding hydrogens is 601 g/mol. The maximum absolute atomic E-state index is 2.33. The highest BCUT2D eigenvalue weighted by molar-refractivity contribution is 6.14. The van der Waals surface area contributed by atoms with Gasteiger partial charge in [-0.1, -0.05) is 199 Å². The van der Waals surface area contributed by atoms with E-state index < -0.39 is 0 Å². The fourth-order valence-corrected chi connectivity index (χ4v) is 7.65. The molecule has 8 aromatic rings. The first kappa shape index (κ1) is 31.8. The van der Waals surface area contributed by atoms with Crippen LogP contribution in [0.2, 0.25) is 0 Å². The van der Waals surface area contributed by atoms with E-state index >= 15 is 0 Å². The smallest absolute Gasteiger partial charge is 0.00987 e. The minimum absolute atomic E-state index is 0.129. The second-order valence-electron chi connectivity index (χ2n) is 15.8. The number of rotatable bonds is 4. The Bertz CT molecular complexity index is 2330. The Hall–Kier alpha value is -5.46. The van der Waals surface area contributed by atoms with Crippen LogP contribution in [0, 0.1) is 0 Å². The zero-order valence-corrected chi connectivity index (χ0v) is 30.0. The molecule has 0 aliphatic carbocycles. The summed E-state index contributed by atoms with van der Waals surface area (Å²) in [4.78, 5) is 0. The van der Waals surface area contributed by atoms with Crippen molar-refractivity contribution >= 4 is 32.3 Å². The maximum Gasteiger partial charge on any atom is -0.00987 e. The average Bonchev–Trinajstić information content (AvgIpc) is 3.13. The second kappa shape index (κ2) is 12.1. The van der Waals surface area contributed by atoms with Crippen molar-refractivity contribution in [2.24, 2.45) is 0 Å². The normalized spacial score (nSPS) is 12.2. The van der Waals surface area contributed by atoms with Crippen molar-refractivity contribution in [3.63, 3.8) is 0 Å². The summed E-state index contributed by atoms with van der Waals surface area (Å²) in [6, 6.07) is 58.9. The molecule has 0 heterocycles. The first-order chi connectivity index (χ1) is 24.1. The van der Waals surface area contributed by atoms with Gasteiger partial charge >= 0.3 is 0 Å². The van der Waals surface area contributed by atoms with E-state index in [0.717, 1.165) is 0 Å². The molecule has 0 bridgehead atoms. The van der Waals surface area contributed by atoms with E-state index in [-0.39, 0.29) is 10.8 Å². The highest BCUT2D eigenvalue weighted by Gasteiger charge is 2.18. The summed E-state index contributed by atoms with van der Waals surface area (Å²) < 4.78 is 0. The lowest BCUT2D eigenvalue weighted by molar-refractivity contribution is 0.590. The number of benzene rings is 8. The molecule has 0 saturated heterocycles. The first-order valence-corrected chi connectivity index (χ1v) is 17.9. The van der Waals surface area contributed by atoms with Gasteiger partial charge in [0.2, 0.25) is 0 Å². The summed E-state index contributed by atoms with van der Waals surface area (Å²) in [7, 11) is 0. The molecule has 50 heavy (non-hydrogen) atoms. The Morgan fingerprint density at radius 3 is 0.820 bits per heavy atom. The van der Waals surface area contributed by atoms with Crippen molar-refractivity contribution in [2.75, 3.05) is 0 Å². The number of hydrogen-bond donors (Lipinski definition) is 0. The molecule has 0 radical (unpaired) electrons. The van der Waals surface area contributed by atoms with Crippen LogP contribution >= 0.6 is 0 Å². The van der Waals surface area contributed by atoms with Gasteiger partial charge in [0.15, 0.2) is 0 Å². The van der Waals surface area contributed by atoms with Gasteiger partial charge in [-0.2, -0.15) is 0 Å². The molecule has 8 rings (SSSR count). The number of hydrogen-bond acceptors (Lipinski definition) is 0. The minimum Gasteiger partial charge on any atom is -0.0616 e. The SMILES string of the molecule is CC(C)(C)c1ccc(-c2ccc(-c3cccc4c(-c5ccc(-c6ccc(C(C)(C)C)cc6)c6ccccc56)cccc34)c3ccccc23)cc1. The summed E-state index contributed by atoms with van der Waals surface area (Å²) in [5.41, 5.74) is 13.0. The molecule has 0 spiro atoms. The largest absolute Gasteiger partial charge is 0.0616 e. The van der Waals surface area contributed by atoms with Gasteiger partial charge in [0.25, 0.3) is 0 Å². The van der Waals surface area contributed by atoms with Crippen molar-refractivity contribution in [3.8, 4) is 44.5 Å². The summed E-state index contributed by atoms with van der Waals surface area (Å²) in [5.74, 6) is 0. The van der Waals surface area contributed by atoms with E-state index in [1.165, 1.54) is 88.0 Å². The molecular formula is C50H44. The summed E-state index contributed by atoms with van der Waals surface area (Å²) in [5, 5.41) is 7.63. The molecule has 0 N–H and O–H groups in total. The van der Waals surface area contributed by atoms with E-state index in [2.05, 4.69) is 199 Å². The lowest BCUT2D eigenvalue weighted by atomic mass is 9.84. The predicted molar refractivity (Wildman–Crippen MR) is 218 cm³/mol. The van der Waals surface area contributed by atoms with Crippen molar-refractivity contribution in [2.45, 2.75) is 52.4 Å². The third-order valence-electron chi connectivity index (χ3n) is 10.5. The van der Waals surface area contributed by atoms with Crippen LogP contribution in [0.4, 0.5) is 0 Å². The molecule has 0 aliphatic rings. The Balaban J connectivity index is 1.26. The summed E-state index contributed by atoms with van der Waals surface area (Å²) in [6.45, 7) is 13.6. The summed E-state index contributed by atoms with van der Waals surface area (Å²) >= 11 is 0. The Kier molecular flexibility index (Phi) is 7.72. The van der Waals surface area contributed by atoms with E-state index in [4.69, 9.17) is 0 Å². The fraction of sp³-hybridized carbons (Fsp3) is 0.160. The molecule has 0 atom stereocenters. The Labute approximate surface area is 297 Å². The van der Waals surface area contributed by atoms with E-state index in [0.29, 0.717) is 0 Å². The van der Waals surface area contributed by atoms with Gasteiger partial charge in [-0.3, -0.25) is 0 Å². The van der Waals surface area contributed by atoms with Crippen molar-refractivity contribution in [1.29, 1.82) is 0 Å². The van der Waals surface area contributed by atoms with Crippen LogP contribution in [0.15, 0.2) is 158 Å². The van der Waals surface area contributed by atoms with Crippen LogP contribution in [-0.4, -0.2) is 0 Å². The van der Waals surface area contributed by atoms with Gasteiger partial charge in [-0.15, -0.1) is 0 Å². The van der Waals surface area contributed by atoms with Crippen molar-refractivity contribution in [3.05, 3.63) is 169 Å². The van der Waals surface area contributed by atoms with Crippen LogP contribution in [-0.2, 0) is 10.8 Å². The van der Waals surface area contributed by atoms with Gasteiger partial charge in [-0.25, -0.2) is 0 Å². The van der Waals surface area contributed by atoms with E-state index in [9.17, 15) is 0 Å². The second-order valence-corrected chi connectivity index (χ2v) is 15.8. The fourth-order valence-electron chi connectivity index (χ4n) is 7.65. The predicted octanol–water partition coefficient (Wildman–Crippen LogP) is 14.4. The first-order valence-electron chi connectivity index (χ1n) is 17.9. The summed E-state index contributed by atoms with van der Waals surface area (Å²) in [6.07, 6.45) is 0. The third kappa shape index (κ3) is 5.60. The molecule has 0 heteroatoms. The highest BCUT2D eigenvalue weighted by Crippen LogP contribution is 2.43. The minimum atomic E-state index is 0.129. The molecule has 0 fully saturated rings. The average molecular weight is 645 g/mol. The van der Waals surface area contributed by atoms with Crippen LogP contribution in [0.25, 0.3) is 76.8 Å². The van der Waals surface area contributed by atoms with Gasteiger partial charge in [-0.05, 0) is 98.8 Å². The van der Waals surface area contributed by atoms with Crippen LogP contribution in [0.1, 0.15) is 52.7 Å². The zero-order chi connectivity index (χ0) is 34.6. The lowest BCUT2D eigenvalue weighted by Gasteiger charge is -2.20. The molecule has 0 unspecified atom stereocenters. The quantitative estimate of drug-likeness (QED) is 0.179. The molecule has 244 valence electrons.